The zero-order valence-corrected chi connectivity index (χ0v) is 9.57. The van der Waals surface area contributed by atoms with E-state index < -0.39 is 11.2 Å². The molecule has 0 amide bonds. The van der Waals surface area contributed by atoms with Crippen LogP contribution in [-0.4, -0.2) is 9.55 Å². The fourth-order valence-electron chi connectivity index (χ4n) is 1.46. The average Bonchev–Trinajstić information content (AvgIpc) is 2.29. The van der Waals surface area contributed by atoms with E-state index in [1.165, 1.54) is 10.8 Å². The van der Waals surface area contributed by atoms with Crippen molar-refractivity contribution in [2.24, 2.45) is 0 Å². The number of halogens is 1. The molecule has 0 unspecified atom stereocenters. The summed E-state index contributed by atoms with van der Waals surface area (Å²) in [6.07, 6.45) is 1.30. The number of benzene rings is 1. The van der Waals surface area contributed by atoms with Gasteiger partial charge < -0.3 is 5.73 Å². The Morgan fingerprint density at radius 3 is 2.71 bits per heavy atom. The maximum Gasteiger partial charge on any atom is 0.328 e. The summed E-state index contributed by atoms with van der Waals surface area (Å²) in [6, 6.07) is 7.18. The van der Waals surface area contributed by atoms with Crippen LogP contribution < -0.4 is 17.0 Å². The minimum Gasteiger partial charge on any atom is -0.398 e. The minimum absolute atomic E-state index is 0.0286. The number of H-pyrrole nitrogens is 1. The second-order valence-corrected chi connectivity index (χ2v) is 3.97. The fourth-order valence-corrected chi connectivity index (χ4v) is 1.63. The molecule has 2 aromatic rings. The molecule has 2 rings (SSSR count). The number of nitrogens with one attached hydrogen (secondary N) is 1. The molecular formula is C11H10ClN3O2. The Labute approximate surface area is 101 Å². The first-order valence-electron chi connectivity index (χ1n) is 4.90. The van der Waals surface area contributed by atoms with Gasteiger partial charge in [0.05, 0.1) is 6.54 Å². The number of aromatic amines is 1. The molecule has 1 aromatic heterocycles. The average molecular weight is 252 g/mol. The van der Waals surface area contributed by atoms with Crippen LogP contribution in [0.15, 0.2) is 40.1 Å². The van der Waals surface area contributed by atoms with Crippen LogP contribution in [0.2, 0.25) is 5.02 Å². The molecule has 0 radical (unpaired) electrons. The van der Waals surface area contributed by atoms with Gasteiger partial charge in [0.2, 0.25) is 0 Å². The molecule has 0 spiro atoms. The summed E-state index contributed by atoms with van der Waals surface area (Å²) in [5.74, 6) is 0. The number of anilines is 1. The second-order valence-electron chi connectivity index (χ2n) is 3.56. The lowest BCUT2D eigenvalue weighted by Crippen LogP contribution is -2.30. The Kier molecular flexibility index (Phi) is 3.01. The maximum atomic E-state index is 11.5. The predicted octanol–water partition coefficient (Wildman–Crippen LogP) is 0.820. The first-order chi connectivity index (χ1) is 8.08. The van der Waals surface area contributed by atoms with Crippen LogP contribution in [-0.2, 0) is 6.54 Å². The number of rotatable bonds is 2. The summed E-state index contributed by atoms with van der Waals surface area (Å²) >= 11 is 5.66. The monoisotopic (exact) mass is 251 g/mol. The SMILES string of the molecule is Nc1ccccc1Cn1cc(Cl)c(=O)[nH]c1=O. The number of aromatic nitrogens is 2. The number of para-hydroxylation sites is 1. The summed E-state index contributed by atoms with van der Waals surface area (Å²) in [5.41, 5.74) is 6.04. The van der Waals surface area contributed by atoms with Gasteiger partial charge in [-0.3, -0.25) is 14.3 Å². The Bertz CT molecular complexity index is 660. The molecule has 0 saturated heterocycles. The van der Waals surface area contributed by atoms with Crippen LogP contribution in [0.4, 0.5) is 5.69 Å². The highest BCUT2D eigenvalue weighted by molar-refractivity contribution is 6.30. The van der Waals surface area contributed by atoms with Gasteiger partial charge in [-0.05, 0) is 11.6 Å². The molecule has 0 aliphatic heterocycles. The largest absolute Gasteiger partial charge is 0.398 e. The van der Waals surface area contributed by atoms with Crippen molar-refractivity contribution < 1.29 is 0 Å². The van der Waals surface area contributed by atoms with Crippen molar-refractivity contribution in [3.63, 3.8) is 0 Å². The van der Waals surface area contributed by atoms with Gasteiger partial charge in [0, 0.05) is 11.9 Å². The molecule has 3 N–H and O–H groups in total. The smallest absolute Gasteiger partial charge is 0.328 e. The molecule has 5 nitrogen and oxygen atoms in total. The molecule has 0 aliphatic rings. The number of hydrogen-bond acceptors (Lipinski definition) is 3. The predicted molar refractivity (Wildman–Crippen MR) is 66.3 cm³/mol. The normalized spacial score (nSPS) is 10.4. The van der Waals surface area contributed by atoms with Gasteiger partial charge in [-0.15, -0.1) is 0 Å². The third-order valence-corrected chi connectivity index (χ3v) is 2.63. The van der Waals surface area contributed by atoms with Crippen LogP contribution in [0, 0.1) is 0 Å². The third kappa shape index (κ3) is 2.39. The van der Waals surface area contributed by atoms with E-state index in [0.717, 1.165) is 5.56 Å². The molecule has 0 fully saturated rings. The van der Waals surface area contributed by atoms with E-state index in [4.69, 9.17) is 17.3 Å². The summed E-state index contributed by atoms with van der Waals surface area (Å²) < 4.78 is 1.30. The van der Waals surface area contributed by atoms with Crippen LogP contribution in [0.5, 0.6) is 0 Å². The van der Waals surface area contributed by atoms with Gasteiger partial charge in [0.25, 0.3) is 5.56 Å². The standard InChI is InChI=1S/C11H10ClN3O2/c12-8-6-15(11(17)14-10(8)16)5-7-3-1-2-4-9(7)13/h1-4,6H,5,13H2,(H,14,16,17). The summed E-state index contributed by atoms with van der Waals surface area (Å²) in [7, 11) is 0. The van der Waals surface area contributed by atoms with Gasteiger partial charge in [-0.2, -0.15) is 0 Å². The molecule has 0 aliphatic carbocycles. The highest BCUT2D eigenvalue weighted by Crippen LogP contribution is 2.11. The molecule has 88 valence electrons. The van der Waals surface area contributed by atoms with Gasteiger partial charge in [0.15, 0.2) is 0 Å². The molecule has 0 saturated carbocycles. The minimum atomic E-state index is -0.589. The van der Waals surface area contributed by atoms with Crippen LogP contribution in [0.3, 0.4) is 0 Å². The Balaban J connectivity index is 2.44. The van der Waals surface area contributed by atoms with E-state index in [1.54, 1.807) is 18.2 Å². The van der Waals surface area contributed by atoms with Crippen molar-refractivity contribution in [1.29, 1.82) is 0 Å². The first-order valence-corrected chi connectivity index (χ1v) is 5.28. The quantitative estimate of drug-likeness (QED) is 0.776. The second kappa shape index (κ2) is 4.47. The van der Waals surface area contributed by atoms with Gasteiger partial charge in [-0.1, -0.05) is 29.8 Å². The number of nitrogen functional groups attached to an aromatic ring is 1. The lowest BCUT2D eigenvalue weighted by atomic mass is 10.2. The first kappa shape index (κ1) is 11.5. The van der Waals surface area contributed by atoms with E-state index in [1.807, 2.05) is 6.07 Å². The van der Waals surface area contributed by atoms with Crippen LogP contribution in [0.1, 0.15) is 5.56 Å². The number of nitrogens with two attached hydrogens (primary N) is 1. The van der Waals surface area contributed by atoms with Crippen molar-refractivity contribution in [1.82, 2.24) is 9.55 Å². The highest BCUT2D eigenvalue weighted by Gasteiger charge is 2.04. The van der Waals surface area contributed by atoms with Crippen molar-refractivity contribution >= 4 is 17.3 Å². The van der Waals surface area contributed by atoms with Crippen molar-refractivity contribution in [2.75, 3.05) is 5.73 Å². The summed E-state index contributed by atoms with van der Waals surface area (Å²) in [5, 5.41) is -0.0286. The highest BCUT2D eigenvalue weighted by atomic mass is 35.5. The molecule has 0 bridgehead atoms. The van der Waals surface area contributed by atoms with E-state index in [-0.39, 0.29) is 11.6 Å². The summed E-state index contributed by atoms with van der Waals surface area (Å²) in [6.45, 7) is 0.266. The Morgan fingerprint density at radius 1 is 1.29 bits per heavy atom. The van der Waals surface area contributed by atoms with Gasteiger partial charge >= 0.3 is 5.69 Å². The van der Waals surface area contributed by atoms with Gasteiger partial charge in [0.1, 0.15) is 5.02 Å². The maximum absolute atomic E-state index is 11.5. The van der Waals surface area contributed by atoms with Crippen molar-refractivity contribution in [2.45, 2.75) is 6.54 Å². The van der Waals surface area contributed by atoms with Gasteiger partial charge in [-0.25, -0.2) is 4.79 Å². The number of hydrogen-bond donors (Lipinski definition) is 2. The molecule has 0 atom stereocenters. The lowest BCUT2D eigenvalue weighted by Gasteiger charge is -2.07. The van der Waals surface area contributed by atoms with E-state index in [9.17, 15) is 9.59 Å². The van der Waals surface area contributed by atoms with Crippen LogP contribution >= 0.6 is 11.6 Å². The van der Waals surface area contributed by atoms with Crippen molar-refractivity contribution in [3.8, 4) is 0 Å². The lowest BCUT2D eigenvalue weighted by molar-refractivity contribution is 0.722. The topological polar surface area (TPSA) is 80.9 Å². The molecule has 1 heterocycles. The third-order valence-electron chi connectivity index (χ3n) is 2.36. The van der Waals surface area contributed by atoms with E-state index in [2.05, 4.69) is 4.98 Å². The Morgan fingerprint density at radius 2 is 2.00 bits per heavy atom. The number of nitrogens with zero attached hydrogens (tertiary/aromatic N) is 1. The molecular weight excluding hydrogens is 242 g/mol. The zero-order valence-electron chi connectivity index (χ0n) is 8.81. The van der Waals surface area contributed by atoms with Crippen molar-refractivity contribution in [3.05, 3.63) is 61.9 Å². The fraction of sp³-hybridized carbons (Fsp3) is 0.0909. The van der Waals surface area contributed by atoms with E-state index in [0.29, 0.717) is 5.69 Å². The van der Waals surface area contributed by atoms with E-state index >= 15 is 0 Å². The Hall–Kier alpha value is -2.01. The molecule has 6 heteroatoms. The molecule has 17 heavy (non-hydrogen) atoms. The summed E-state index contributed by atoms with van der Waals surface area (Å²) in [4.78, 5) is 24.7. The zero-order chi connectivity index (χ0) is 12.4. The molecule has 1 aromatic carbocycles. The van der Waals surface area contributed by atoms with Crippen LogP contribution in [0.25, 0.3) is 0 Å².